The minimum absolute atomic E-state index is 0.0169. The van der Waals surface area contributed by atoms with Gasteiger partial charge in [-0.2, -0.15) is 5.10 Å². The highest BCUT2D eigenvalue weighted by Gasteiger charge is 2.12. The number of hydrogen-bond donors (Lipinski definition) is 1. The average Bonchev–Trinajstić information content (AvgIpc) is 2.80. The minimum atomic E-state index is -0.451. The molecule has 0 saturated heterocycles. The van der Waals surface area contributed by atoms with Crippen LogP contribution in [0.4, 0.5) is 5.69 Å². The number of amides is 1. The van der Waals surface area contributed by atoms with Gasteiger partial charge < -0.3 is 9.47 Å². The Morgan fingerprint density at radius 3 is 2.42 bits per heavy atom. The predicted molar refractivity (Wildman–Crippen MR) is 129 cm³/mol. The number of hydrogen-bond acceptors (Lipinski definition) is 6. The molecular weight excluding hydrogens is 514 g/mol. The zero-order chi connectivity index (χ0) is 23.8. The van der Waals surface area contributed by atoms with Crippen molar-refractivity contribution in [3.05, 3.63) is 97.0 Å². The third-order valence-electron chi connectivity index (χ3n) is 4.38. The molecule has 0 aromatic heterocycles. The first-order chi connectivity index (χ1) is 15.9. The van der Waals surface area contributed by atoms with E-state index in [0.717, 1.165) is 5.56 Å². The van der Waals surface area contributed by atoms with Gasteiger partial charge >= 0.3 is 0 Å². The molecule has 8 nitrogen and oxygen atoms in total. The number of halogens is 2. The van der Waals surface area contributed by atoms with Crippen molar-refractivity contribution in [1.29, 1.82) is 0 Å². The van der Waals surface area contributed by atoms with Gasteiger partial charge in [0.25, 0.3) is 11.6 Å². The van der Waals surface area contributed by atoms with E-state index in [1.54, 1.807) is 48.5 Å². The van der Waals surface area contributed by atoms with Gasteiger partial charge in [-0.15, -0.1) is 0 Å². The number of hydrazone groups is 1. The highest BCUT2D eigenvalue weighted by molar-refractivity contribution is 9.10. The first-order valence-electron chi connectivity index (χ1n) is 9.79. The van der Waals surface area contributed by atoms with Gasteiger partial charge in [-0.1, -0.05) is 11.6 Å². The Morgan fingerprint density at radius 2 is 1.79 bits per heavy atom. The monoisotopic (exact) mass is 531 g/mol. The van der Waals surface area contributed by atoms with Gasteiger partial charge in [0.05, 0.1) is 17.7 Å². The third-order valence-corrected chi connectivity index (χ3v) is 5.32. The maximum atomic E-state index is 12.2. The Morgan fingerprint density at radius 1 is 1.12 bits per heavy atom. The molecule has 0 aliphatic heterocycles. The van der Waals surface area contributed by atoms with E-state index in [1.165, 1.54) is 18.3 Å². The zero-order valence-electron chi connectivity index (χ0n) is 17.5. The van der Waals surface area contributed by atoms with Crippen LogP contribution in [0.25, 0.3) is 0 Å². The summed E-state index contributed by atoms with van der Waals surface area (Å²) in [6, 6.07) is 16.1. The lowest BCUT2D eigenvalue weighted by atomic mass is 10.2. The molecule has 0 radical (unpaired) electrons. The van der Waals surface area contributed by atoms with Crippen molar-refractivity contribution in [3.63, 3.8) is 0 Å². The van der Waals surface area contributed by atoms with Crippen LogP contribution in [0.5, 0.6) is 11.5 Å². The van der Waals surface area contributed by atoms with Crippen LogP contribution < -0.4 is 14.9 Å². The summed E-state index contributed by atoms with van der Waals surface area (Å²) in [4.78, 5) is 22.5. The zero-order valence-corrected chi connectivity index (χ0v) is 19.8. The van der Waals surface area contributed by atoms with Crippen molar-refractivity contribution >= 4 is 45.3 Å². The Hall–Kier alpha value is -3.43. The summed E-state index contributed by atoms with van der Waals surface area (Å²) < 4.78 is 12.2. The molecule has 0 spiro atoms. The summed E-state index contributed by atoms with van der Waals surface area (Å²) in [7, 11) is 0. The Kier molecular flexibility index (Phi) is 8.39. The molecule has 3 aromatic rings. The van der Waals surface area contributed by atoms with Gasteiger partial charge in [-0.25, -0.2) is 5.43 Å². The molecule has 0 atom stereocenters. The lowest BCUT2D eigenvalue weighted by Gasteiger charge is -2.14. The fourth-order valence-corrected chi connectivity index (χ4v) is 3.28. The van der Waals surface area contributed by atoms with E-state index in [9.17, 15) is 14.9 Å². The van der Waals surface area contributed by atoms with Crippen LogP contribution in [0.2, 0.25) is 5.02 Å². The number of non-ortho nitro benzene ring substituents is 1. The molecule has 0 unspecified atom stereocenters. The molecule has 1 N–H and O–H groups in total. The van der Waals surface area contributed by atoms with Gasteiger partial charge in [0.2, 0.25) is 0 Å². The summed E-state index contributed by atoms with van der Waals surface area (Å²) >= 11 is 9.31. The van der Waals surface area contributed by atoms with Crippen LogP contribution in [0.15, 0.2) is 70.2 Å². The van der Waals surface area contributed by atoms with Gasteiger partial charge in [-0.05, 0) is 76.9 Å². The molecule has 10 heteroatoms. The first-order valence-corrected chi connectivity index (χ1v) is 11.0. The van der Waals surface area contributed by atoms with Gasteiger partial charge in [0, 0.05) is 32.8 Å². The molecular formula is C23H19BrClN3O5. The third kappa shape index (κ3) is 6.77. The summed E-state index contributed by atoms with van der Waals surface area (Å²) in [6.45, 7) is 2.47. The van der Waals surface area contributed by atoms with E-state index >= 15 is 0 Å². The van der Waals surface area contributed by atoms with Crippen molar-refractivity contribution in [2.24, 2.45) is 5.10 Å². The van der Waals surface area contributed by atoms with Crippen LogP contribution in [0.3, 0.4) is 0 Å². The summed E-state index contributed by atoms with van der Waals surface area (Å²) in [5.41, 5.74) is 4.35. The van der Waals surface area contributed by atoms with Crippen molar-refractivity contribution in [2.75, 3.05) is 6.61 Å². The largest absolute Gasteiger partial charge is 0.490 e. The number of nitro groups is 1. The molecule has 3 aromatic carbocycles. The maximum absolute atomic E-state index is 12.2. The molecule has 3 rings (SSSR count). The Bertz CT molecular complexity index is 1170. The van der Waals surface area contributed by atoms with Gasteiger partial charge in [0.1, 0.15) is 6.61 Å². The molecule has 33 heavy (non-hydrogen) atoms. The van der Waals surface area contributed by atoms with Gasteiger partial charge in [0.15, 0.2) is 11.5 Å². The van der Waals surface area contributed by atoms with Crippen LogP contribution in [-0.2, 0) is 6.61 Å². The van der Waals surface area contributed by atoms with E-state index < -0.39 is 4.92 Å². The van der Waals surface area contributed by atoms with Gasteiger partial charge in [-0.3, -0.25) is 14.9 Å². The van der Waals surface area contributed by atoms with Crippen LogP contribution in [0.1, 0.15) is 28.4 Å². The summed E-state index contributed by atoms with van der Waals surface area (Å²) in [5, 5.41) is 15.3. The highest BCUT2D eigenvalue weighted by Crippen LogP contribution is 2.34. The SMILES string of the molecule is CCOc1cc(/C=N\NC(=O)c2ccc(Cl)cc2)c(Br)cc1OCc1ccc([N+](=O)[O-])cc1. The molecule has 0 saturated carbocycles. The predicted octanol–water partition coefficient (Wildman–Crippen LogP) is 5.75. The molecule has 0 heterocycles. The normalized spacial score (nSPS) is 10.8. The smallest absolute Gasteiger partial charge is 0.271 e. The number of nitrogens with zero attached hydrogens (tertiary/aromatic N) is 2. The van der Waals surface area contributed by atoms with Crippen LogP contribution in [-0.4, -0.2) is 23.7 Å². The second-order valence-electron chi connectivity index (χ2n) is 6.67. The topological polar surface area (TPSA) is 103 Å². The number of rotatable bonds is 9. The van der Waals surface area contributed by atoms with Crippen LogP contribution in [0, 0.1) is 10.1 Å². The van der Waals surface area contributed by atoms with Crippen molar-refractivity contribution in [2.45, 2.75) is 13.5 Å². The lowest BCUT2D eigenvalue weighted by Crippen LogP contribution is -2.17. The molecule has 0 fully saturated rings. The van der Waals surface area contributed by atoms with E-state index in [0.29, 0.717) is 38.7 Å². The van der Waals surface area contributed by atoms with E-state index in [1.807, 2.05) is 6.92 Å². The van der Waals surface area contributed by atoms with E-state index in [2.05, 4.69) is 26.5 Å². The fraction of sp³-hybridized carbons (Fsp3) is 0.130. The molecule has 0 aliphatic carbocycles. The number of ether oxygens (including phenoxy) is 2. The fourth-order valence-electron chi connectivity index (χ4n) is 2.73. The first kappa shape index (κ1) is 24.2. The number of nitro benzene ring substituents is 1. The quantitative estimate of drug-likeness (QED) is 0.215. The Balaban J connectivity index is 1.70. The number of carbonyl (C=O) groups is 1. The average molecular weight is 533 g/mol. The number of carbonyl (C=O) groups excluding carboxylic acids is 1. The minimum Gasteiger partial charge on any atom is -0.490 e. The molecule has 1 amide bonds. The number of benzene rings is 3. The standard InChI is InChI=1S/C23H19BrClN3O5/c1-2-32-21-11-17(13-26-27-23(29)16-5-7-18(25)8-6-16)20(24)12-22(21)33-14-15-3-9-19(10-4-15)28(30)31/h3-13H,2,14H2,1H3,(H,27,29)/b26-13-. The van der Waals surface area contributed by atoms with Crippen LogP contribution >= 0.6 is 27.5 Å². The van der Waals surface area contributed by atoms with Crippen molar-refractivity contribution in [1.82, 2.24) is 5.43 Å². The summed E-state index contributed by atoms with van der Waals surface area (Å²) in [5.74, 6) is 0.615. The molecule has 170 valence electrons. The second-order valence-corrected chi connectivity index (χ2v) is 7.96. The molecule has 0 aliphatic rings. The highest BCUT2D eigenvalue weighted by atomic mass is 79.9. The maximum Gasteiger partial charge on any atom is 0.271 e. The number of nitrogens with one attached hydrogen (secondary N) is 1. The van der Waals surface area contributed by atoms with Crippen molar-refractivity contribution < 1.29 is 19.2 Å². The summed E-state index contributed by atoms with van der Waals surface area (Å²) in [6.07, 6.45) is 1.49. The van der Waals surface area contributed by atoms with Crippen molar-refractivity contribution in [3.8, 4) is 11.5 Å². The Labute approximate surface area is 203 Å². The second kappa shape index (κ2) is 11.4. The lowest BCUT2D eigenvalue weighted by molar-refractivity contribution is -0.384. The van der Waals surface area contributed by atoms with E-state index in [4.69, 9.17) is 21.1 Å². The molecule has 0 bridgehead atoms. The van der Waals surface area contributed by atoms with E-state index in [-0.39, 0.29) is 18.2 Å².